The Morgan fingerprint density at radius 1 is 1.10 bits per heavy atom. The summed E-state index contributed by atoms with van der Waals surface area (Å²) in [5, 5.41) is 0.861. The lowest BCUT2D eigenvalue weighted by atomic mass is 9.97. The molecular weight excluding hydrogens is 388 g/mol. The summed E-state index contributed by atoms with van der Waals surface area (Å²) in [7, 11) is 4.00. The molecule has 1 aliphatic heterocycles. The van der Waals surface area contributed by atoms with Crippen molar-refractivity contribution in [3.63, 3.8) is 0 Å². The zero-order valence-electron chi connectivity index (χ0n) is 16.7. The summed E-state index contributed by atoms with van der Waals surface area (Å²) < 4.78 is 5.93. The molecule has 0 N–H and O–H groups in total. The minimum atomic E-state index is -0.458. The number of nitrogens with zero attached hydrogens (tertiary/aromatic N) is 2. The normalized spacial score (nSPS) is 16.1. The number of carbonyl (C=O) groups excluding carboxylic acids is 1. The summed E-state index contributed by atoms with van der Waals surface area (Å²) in [5.74, 6) is -0.0986. The summed E-state index contributed by atoms with van der Waals surface area (Å²) in [6, 6.07) is 12.4. The Labute approximate surface area is 174 Å². The van der Waals surface area contributed by atoms with Gasteiger partial charge < -0.3 is 14.2 Å². The molecule has 0 saturated heterocycles. The van der Waals surface area contributed by atoms with Crippen molar-refractivity contribution in [1.29, 1.82) is 0 Å². The number of aryl methyl sites for hydroxylation is 1. The van der Waals surface area contributed by atoms with Gasteiger partial charge in [-0.15, -0.1) is 0 Å². The molecule has 1 amide bonds. The van der Waals surface area contributed by atoms with Crippen LogP contribution >= 0.6 is 11.6 Å². The smallest absolute Gasteiger partial charge is 0.290 e. The summed E-state index contributed by atoms with van der Waals surface area (Å²) >= 11 is 6.11. The molecule has 0 spiro atoms. The van der Waals surface area contributed by atoms with E-state index in [2.05, 4.69) is 4.90 Å². The first kappa shape index (κ1) is 19.7. The number of fused-ring (bicyclic) bond motifs is 2. The second kappa shape index (κ2) is 7.65. The number of amides is 1. The van der Waals surface area contributed by atoms with Gasteiger partial charge in [-0.25, -0.2) is 0 Å². The second-order valence-corrected chi connectivity index (χ2v) is 8.22. The predicted octanol–water partition coefficient (Wildman–Crippen LogP) is 4.25. The van der Waals surface area contributed by atoms with Gasteiger partial charge in [-0.3, -0.25) is 9.59 Å². The van der Waals surface area contributed by atoms with Crippen molar-refractivity contribution in [3.05, 3.63) is 80.2 Å². The molecule has 2 aromatic carbocycles. The molecule has 0 aliphatic carbocycles. The third-order valence-electron chi connectivity index (χ3n) is 5.33. The molecule has 150 valence electrons. The van der Waals surface area contributed by atoms with E-state index in [0.29, 0.717) is 28.1 Å². The molecule has 3 aromatic rings. The average molecular weight is 411 g/mol. The largest absolute Gasteiger partial charge is 0.450 e. The van der Waals surface area contributed by atoms with E-state index in [1.807, 2.05) is 45.3 Å². The van der Waals surface area contributed by atoms with Crippen molar-refractivity contribution in [1.82, 2.24) is 9.80 Å². The molecule has 5 nitrogen and oxygen atoms in total. The van der Waals surface area contributed by atoms with Crippen molar-refractivity contribution >= 4 is 28.5 Å². The maximum atomic E-state index is 13.4. The highest BCUT2D eigenvalue weighted by Crippen LogP contribution is 2.38. The van der Waals surface area contributed by atoms with Gasteiger partial charge in [-0.1, -0.05) is 41.4 Å². The molecular formula is C23H23ClN2O3. The van der Waals surface area contributed by atoms with E-state index in [-0.39, 0.29) is 17.1 Å². The zero-order chi connectivity index (χ0) is 20.7. The van der Waals surface area contributed by atoms with Crippen LogP contribution in [0, 0.1) is 6.92 Å². The number of rotatable bonds is 5. The standard InChI is InChI=1S/C23H23ClN2O3/c1-14-5-7-15(8-6-14)20-19-21(27)17-13-16(24)9-10-18(17)29-22(19)23(28)26(20)12-4-11-25(2)3/h5-10,13,20H,4,11-12H2,1-3H3/t20-/m0/s1. The average Bonchev–Trinajstić information content (AvgIpc) is 2.95. The SMILES string of the molecule is Cc1ccc([C@H]2c3c(oc4ccc(Cl)cc4c3=O)C(=O)N2CCCN(C)C)cc1. The number of halogens is 1. The lowest BCUT2D eigenvalue weighted by Crippen LogP contribution is -2.32. The maximum absolute atomic E-state index is 13.4. The Morgan fingerprint density at radius 2 is 1.83 bits per heavy atom. The van der Waals surface area contributed by atoms with E-state index in [0.717, 1.165) is 24.1 Å². The number of benzene rings is 2. The van der Waals surface area contributed by atoms with Crippen LogP contribution in [-0.4, -0.2) is 42.9 Å². The van der Waals surface area contributed by atoms with Gasteiger partial charge in [-0.05, 0) is 57.7 Å². The summed E-state index contributed by atoms with van der Waals surface area (Å²) in [6.07, 6.45) is 0.800. The van der Waals surface area contributed by atoms with Crippen LogP contribution in [0.3, 0.4) is 0 Å². The topological polar surface area (TPSA) is 53.8 Å². The van der Waals surface area contributed by atoms with Gasteiger partial charge in [0.25, 0.3) is 5.91 Å². The van der Waals surface area contributed by atoms with Crippen molar-refractivity contribution in [2.75, 3.05) is 27.2 Å². The highest BCUT2D eigenvalue weighted by Gasteiger charge is 2.42. The van der Waals surface area contributed by atoms with Crippen LogP contribution in [0.4, 0.5) is 0 Å². The first-order valence-electron chi connectivity index (χ1n) is 9.65. The molecule has 29 heavy (non-hydrogen) atoms. The van der Waals surface area contributed by atoms with Crippen molar-refractivity contribution in [3.8, 4) is 0 Å². The number of hydrogen-bond acceptors (Lipinski definition) is 4. The second-order valence-electron chi connectivity index (χ2n) is 7.78. The Kier molecular flexibility index (Phi) is 5.19. The minimum absolute atomic E-state index is 0.139. The fourth-order valence-electron chi connectivity index (χ4n) is 3.88. The Balaban J connectivity index is 1.88. The minimum Gasteiger partial charge on any atom is -0.450 e. The lowest BCUT2D eigenvalue weighted by molar-refractivity contribution is 0.0722. The molecule has 0 saturated carbocycles. The molecule has 0 radical (unpaired) electrons. The summed E-state index contributed by atoms with van der Waals surface area (Å²) in [5.41, 5.74) is 2.61. The molecule has 6 heteroatoms. The predicted molar refractivity (Wildman–Crippen MR) is 115 cm³/mol. The summed E-state index contributed by atoms with van der Waals surface area (Å²) in [4.78, 5) is 30.5. The van der Waals surface area contributed by atoms with Gasteiger partial charge >= 0.3 is 0 Å². The van der Waals surface area contributed by atoms with Gasteiger partial charge in [0, 0.05) is 11.6 Å². The van der Waals surface area contributed by atoms with E-state index >= 15 is 0 Å². The molecule has 1 aliphatic rings. The molecule has 0 fully saturated rings. The van der Waals surface area contributed by atoms with Gasteiger partial charge in [0.05, 0.1) is 17.0 Å². The van der Waals surface area contributed by atoms with Gasteiger partial charge in [0.2, 0.25) is 5.76 Å². The number of hydrogen-bond donors (Lipinski definition) is 0. The number of carbonyl (C=O) groups is 1. The van der Waals surface area contributed by atoms with Crippen LogP contribution in [0.2, 0.25) is 5.02 Å². The molecule has 0 unspecified atom stereocenters. The van der Waals surface area contributed by atoms with E-state index < -0.39 is 6.04 Å². The highest BCUT2D eigenvalue weighted by molar-refractivity contribution is 6.31. The maximum Gasteiger partial charge on any atom is 0.290 e. The van der Waals surface area contributed by atoms with Crippen LogP contribution in [0.1, 0.15) is 39.7 Å². The third-order valence-corrected chi connectivity index (χ3v) is 5.56. The fourth-order valence-corrected chi connectivity index (χ4v) is 4.05. The van der Waals surface area contributed by atoms with Crippen LogP contribution in [0.5, 0.6) is 0 Å². The lowest BCUT2D eigenvalue weighted by Gasteiger charge is -2.25. The van der Waals surface area contributed by atoms with Crippen LogP contribution < -0.4 is 5.43 Å². The van der Waals surface area contributed by atoms with Crippen LogP contribution in [0.15, 0.2) is 51.7 Å². The van der Waals surface area contributed by atoms with E-state index in [1.165, 1.54) is 0 Å². The van der Waals surface area contributed by atoms with Crippen molar-refractivity contribution in [2.24, 2.45) is 0 Å². The zero-order valence-corrected chi connectivity index (χ0v) is 17.5. The molecule has 0 bridgehead atoms. The van der Waals surface area contributed by atoms with Crippen molar-refractivity contribution < 1.29 is 9.21 Å². The Hall–Kier alpha value is -2.63. The monoisotopic (exact) mass is 410 g/mol. The molecule has 2 heterocycles. The van der Waals surface area contributed by atoms with Gasteiger partial charge in [0.1, 0.15) is 5.58 Å². The Bertz CT molecular complexity index is 1140. The van der Waals surface area contributed by atoms with E-state index in [4.69, 9.17) is 16.0 Å². The highest BCUT2D eigenvalue weighted by atomic mass is 35.5. The van der Waals surface area contributed by atoms with E-state index in [9.17, 15) is 9.59 Å². The Morgan fingerprint density at radius 3 is 2.52 bits per heavy atom. The molecule has 1 aromatic heterocycles. The summed E-state index contributed by atoms with van der Waals surface area (Å²) in [6.45, 7) is 3.40. The first-order chi connectivity index (χ1) is 13.9. The molecule has 4 rings (SSSR count). The van der Waals surface area contributed by atoms with Gasteiger partial charge in [0.15, 0.2) is 5.43 Å². The van der Waals surface area contributed by atoms with E-state index in [1.54, 1.807) is 23.1 Å². The van der Waals surface area contributed by atoms with Gasteiger partial charge in [-0.2, -0.15) is 0 Å². The first-order valence-corrected chi connectivity index (χ1v) is 10.0. The molecule has 1 atom stereocenters. The van der Waals surface area contributed by atoms with Crippen LogP contribution in [0.25, 0.3) is 11.0 Å². The fraction of sp³-hybridized carbons (Fsp3) is 0.304. The van der Waals surface area contributed by atoms with Crippen molar-refractivity contribution in [2.45, 2.75) is 19.4 Å². The third kappa shape index (κ3) is 3.56. The van der Waals surface area contributed by atoms with Crippen LogP contribution in [-0.2, 0) is 0 Å². The quantitative estimate of drug-likeness (QED) is 0.631.